The number of nitrogens with zero attached hydrogens (tertiary/aromatic N) is 1. The van der Waals surface area contributed by atoms with Gasteiger partial charge in [0, 0.05) is 17.0 Å². The second-order valence-electron chi connectivity index (χ2n) is 8.39. The molecule has 4 nitrogen and oxygen atoms in total. The summed E-state index contributed by atoms with van der Waals surface area (Å²) >= 11 is 0. The molecule has 1 saturated carbocycles. The zero-order valence-electron chi connectivity index (χ0n) is 15.9. The van der Waals surface area contributed by atoms with Crippen LogP contribution >= 0.6 is 12.4 Å². The van der Waals surface area contributed by atoms with Gasteiger partial charge < -0.3 is 10.1 Å². The van der Waals surface area contributed by atoms with E-state index in [1.54, 1.807) is 0 Å². The van der Waals surface area contributed by atoms with Gasteiger partial charge in [0.15, 0.2) is 0 Å². The van der Waals surface area contributed by atoms with Crippen LogP contribution < -0.4 is 10.1 Å². The van der Waals surface area contributed by atoms with E-state index in [1.807, 2.05) is 6.20 Å². The lowest BCUT2D eigenvalue weighted by atomic mass is 9.90. The molecule has 0 spiro atoms. The van der Waals surface area contributed by atoms with Gasteiger partial charge in [-0.3, -0.25) is 5.10 Å². The van der Waals surface area contributed by atoms with Crippen LogP contribution in [-0.2, 0) is 0 Å². The average Bonchev–Trinajstić information content (AvgIpc) is 2.99. The van der Waals surface area contributed by atoms with Gasteiger partial charge in [0.2, 0.25) is 0 Å². The van der Waals surface area contributed by atoms with E-state index in [0.29, 0.717) is 17.6 Å². The van der Waals surface area contributed by atoms with E-state index in [-0.39, 0.29) is 12.4 Å². The maximum Gasteiger partial charge on any atom is 0.123 e. The van der Waals surface area contributed by atoms with Crippen molar-refractivity contribution in [3.05, 3.63) is 23.9 Å². The molecule has 1 aromatic heterocycles. The Balaban J connectivity index is 0.00000225. The zero-order valence-corrected chi connectivity index (χ0v) is 16.7. The Morgan fingerprint density at radius 2 is 2.08 bits per heavy atom. The molecule has 1 heterocycles. The molecule has 2 N–H and O–H groups in total. The molecule has 3 rings (SSSR count). The summed E-state index contributed by atoms with van der Waals surface area (Å²) in [5.74, 6) is 1.00. The maximum atomic E-state index is 6.36. The first kappa shape index (κ1) is 20.1. The monoisotopic (exact) mass is 365 g/mol. The molecule has 0 radical (unpaired) electrons. The number of aromatic amines is 1. The van der Waals surface area contributed by atoms with Gasteiger partial charge in [0.05, 0.1) is 11.7 Å². The molecule has 1 aromatic carbocycles. The van der Waals surface area contributed by atoms with Gasteiger partial charge in [-0.25, -0.2) is 0 Å². The molecule has 0 unspecified atom stereocenters. The minimum atomic E-state index is 0. The highest BCUT2D eigenvalue weighted by Gasteiger charge is 2.24. The van der Waals surface area contributed by atoms with Crippen molar-refractivity contribution in [3.8, 4) is 5.75 Å². The smallest absolute Gasteiger partial charge is 0.123 e. The van der Waals surface area contributed by atoms with Gasteiger partial charge in [0.25, 0.3) is 0 Å². The number of aryl methyl sites for hydroxylation is 1. The normalized spacial score (nSPS) is 21.1. The minimum absolute atomic E-state index is 0. The topological polar surface area (TPSA) is 49.9 Å². The van der Waals surface area contributed by atoms with E-state index in [2.05, 4.69) is 55.3 Å². The van der Waals surface area contributed by atoms with Gasteiger partial charge in [-0.15, -0.1) is 12.4 Å². The zero-order chi connectivity index (χ0) is 17.2. The Morgan fingerprint density at radius 1 is 1.28 bits per heavy atom. The number of fused-ring (bicyclic) bond motifs is 1. The van der Waals surface area contributed by atoms with Gasteiger partial charge >= 0.3 is 0 Å². The quantitative estimate of drug-likeness (QED) is 0.783. The van der Waals surface area contributed by atoms with Crippen LogP contribution in [0.3, 0.4) is 0 Å². The molecule has 0 amide bonds. The van der Waals surface area contributed by atoms with Crippen molar-refractivity contribution in [2.24, 2.45) is 5.41 Å². The largest absolute Gasteiger partial charge is 0.490 e. The third kappa shape index (κ3) is 5.35. The molecule has 0 aliphatic heterocycles. The van der Waals surface area contributed by atoms with E-state index in [4.69, 9.17) is 4.74 Å². The van der Waals surface area contributed by atoms with Crippen LogP contribution in [0.15, 0.2) is 18.3 Å². The summed E-state index contributed by atoms with van der Waals surface area (Å²) in [6.45, 7) is 10.1. The van der Waals surface area contributed by atoms with Crippen molar-refractivity contribution in [1.82, 2.24) is 15.5 Å². The molecule has 2 aromatic rings. The standard InChI is InChI=1S/C20H31N3O.ClH/c1-14-17-13-22-23-18(17)8-9-19(14)24-16-7-5-6-15(12-16)21-11-10-20(2,3)4;/h8-9,13,15-16,21H,5-7,10-12H2,1-4H3,(H,22,23);1H/t15-,16+;/m1./s1. The van der Waals surface area contributed by atoms with Crippen LogP contribution in [0, 0.1) is 12.3 Å². The van der Waals surface area contributed by atoms with E-state index in [1.165, 1.54) is 24.8 Å². The number of ether oxygens (including phenoxy) is 1. The fourth-order valence-corrected chi connectivity index (χ4v) is 3.53. The summed E-state index contributed by atoms with van der Waals surface area (Å²) in [4.78, 5) is 0. The fraction of sp³-hybridized carbons (Fsp3) is 0.650. The molecule has 0 bridgehead atoms. The second kappa shape index (κ2) is 8.41. The predicted octanol–water partition coefficient (Wildman–Crippen LogP) is 5.01. The van der Waals surface area contributed by atoms with E-state index >= 15 is 0 Å². The fourth-order valence-electron chi connectivity index (χ4n) is 3.53. The van der Waals surface area contributed by atoms with Gasteiger partial charge in [-0.05, 0) is 63.1 Å². The molecule has 5 heteroatoms. The number of H-pyrrole nitrogens is 1. The molecular weight excluding hydrogens is 334 g/mol. The van der Waals surface area contributed by atoms with E-state index < -0.39 is 0 Å². The molecule has 2 atom stereocenters. The first-order valence-electron chi connectivity index (χ1n) is 9.25. The maximum absolute atomic E-state index is 6.36. The van der Waals surface area contributed by atoms with Crippen molar-refractivity contribution in [2.45, 2.75) is 71.9 Å². The number of benzene rings is 1. The van der Waals surface area contributed by atoms with Crippen molar-refractivity contribution < 1.29 is 4.74 Å². The lowest BCUT2D eigenvalue weighted by Gasteiger charge is -2.31. The molecule has 1 aliphatic rings. The lowest BCUT2D eigenvalue weighted by molar-refractivity contribution is 0.133. The number of hydrogen-bond acceptors (Lipinski definition) is 3. The Labute approximate surface area is 157 Å². The number of nitrogens with one attached hydrogen (secondary N) is 2. The summed E-state index contributed by atoms with van der Waals surface area (Å²) in [6.07, 6.45) is 8.18. The second-order valence-corrected chi connectivity index (χ2v) is 8.39. The number of aromatic nitrogens is 2. The van der Waals surface area contributed by atoms with E-state index in [0.717, 1.165) is 36.0 Å². The Bertz CT molecular complexity index is 677. The highest BCUT2D eigenvalue weighted by molar-refractivity contribution is 5.85. The molecule has 1 aliphatic carbocycles. The Kier molecular flexibility index (Phi) is 6.75. The van der Waals surface area contributed by atoms with Crippen molar-refractivity contribution in [2.75, 3.05) is 6.54 Å². The van der Waals surface area contributed by atoms with Gasteiger partial charge in [-0.2, -0.15) is 5.10 Å². The molecular formula is C20H32ClN3O. The molecule has 140 valence electrons. The van der Waals surface area contributed by atoms with Gasteiger partial charge in [0.1, 0.15) is 11.9 Å². The van der Waals surface area contributed by atoms with Crippen LogP contribution in [0.1, 0.15) is 58.4 Å². The molecule has 1 fully saturated rings. The highest BCUT2D eigenvalue weighted by atomic mass is 35.5. The number of rotatable bonds is 5. The van der Waals surface area contributed by atoms with Crippen molar-refractivity contribution >= 4 is 23.3 Å². The third-order valence-corrected chi connectivity index (χ3v) is 5.07. The van der Waals surface area contributed by atoms with Gasteiger partial charge in [-0.1, -0.05) is 20.8 Å². The average molecular weight is 366 g/mol. The summed E-state index contributed by atoms with van der Waals surface area (Å²) in [6, 6.07) is 4.73. The molecule has 0 saturated heterocycles. The first-order valence-corrected chi connectivity index (χ1v) is 9.25. The summed E-state index contributed by atoms with van der Waals surface area (Å²) in [5, 5.41) is 12.0. The molecule has 25 heavy (non-hydrogen) atoms. The number of hydrogen-bond donors (Lipinski definition) is 2. The van der Waals surface area contributed by atoms with Crippen molar-refractivity contribution in [1.29, 1.82) is 0 Å². The van der Waals surface area contributed by atoms with Crippen LogP contribution in [0.25, 0.3) is 10.9 Å². The number of halogens is 1. The van der Waals surface area contributed by atoms with Crippen molar-refractivity contribution in [3.63, 3.8) is 0 Å². The Morgan fingerprint density at radius 3 is 2.84 bits per heavy atom. The van der Waals surface area contributed by atoms with Crippen LogP contribution in [0.2, 0.25) is 0 Å². The van der Waals surface area contributed by atoms with E-state index in [9.17, 15) is 0 Å². The summed E-state index contributed by atoms with van der Waals surface area (Å²) in [7, 11) is 0. The summed E-state index contributed by atoms with van der Waals surface area (Å²) in [5.41, 5.74) is 2.66. The van der Waals surface area contributed by atoms with Crippen LogP contribution in [0.4, 0.5) is 0 Å². The third-order valence-electron chi connectivity index (χ3n) is 5.07. The SMILES string of the molecule is Cc1c(O[C@H]2CCC[C@@H](NCCC(C)(C)C)C2)ccc2[nH]ncc12.Cl. The lowest BCUT2D eigenvalue weighted by Crippen LogP contribution is -2.39. The Hall–Kier alpha value is -1.26. The minimum Gasteiger partial charge on any atom is -0.490 e. The van der Waals surface area contributed by atoms with Crippen LogP contribution in [-0.4, -0.2) is 28.9 Å². The summed E-state index contributed by atoms with van der Waals surface area (Å²) < 4.78 is 6.36. The highest BCUT2D eigenvalue weighted by Crippen LogP contribution is 2.30. The predicted molar refractivity (Wildman–Crippen MR) is 107 cm³/mol. The first-order chi connectivity index (χ1) is 11.4. The van der Waals surface area contributed by atoms with Crippen LogP contribution in [0.5, 0.6) is 5.75 Å².